The van der Waals surface area contributed by atoms with Gasteiger partial charge in [0, 0.05) is 6.42 Å². The molecule has 35 heavy (non-hydrogen) atoms. The Morgan fingerprint density at radius 1 is 0.600 bits per heavy atom. The largest absolute Gasteiger partial charge is 1.00 e. The summed E-state index contributed by atoms with van der Waals surface area (Å²) in [4.78, 5) is 11.3. The van der Waals surface area contributed by atoms with E-state index >= 15 is 0 Å². The van der Waals surface area contributed by atoms with E-state index in [1.165, 1.54) is 0 Å². The summed E-state index contributed by atoms with van der Waals surface area (Å²) in [6.07, 6.45) is 0.792. The van der Waals surface area contributed by atoms with Gasteiger partial charge < -0.3 is 52.2 Å². The molecule has 0 bridgehead atoms. The lowest BCUT2D eigenvalue weighted by Crippen LogP contribution is -3.00. The predicted octanol–water partition coefficient (Wildman–Crippen LogP) is -6.11. The van der Waals surface area contributed by atoms with Gasteiger partial charge in [-0.1, -0.05) is 36.4 Å². The molecule has 0 unspecified atom stereocenters. The second kappa shape index (κ2) is 12.8. The zero-order valence-corrected chi connectivity index (χ0v) is 21.1. The molecule has 3 aromatic rings. The summed E-state index contributed by atoms with van der Waals surface area (Å²) >= 11 is 0. The minimum atomic E-state index is -2.51. The van der Waals surface area contributed by atoms with Crippen LogP contribution in [0.1, 0.15) is 12.8 Å². The number of halogens is 1. The van der Waals surface area contributed by atoms with Crippen LogP contribution in [-0.2, 0) is 4.79 Å². The van der Waals surface area contributed by atoms with Crippen molar-refractivity contribution >= 4 is 66.9 Å². The van der Waals surface area contributed by atoms with Crippen molar-refractivity contribution < 1.29 is 57.0 Å². The van der Waals surface area contributed by atoms with Gasteiger partial charge in [-0.15, -0.1) is 0 Å². The third kappa shape index (κ3) is 6.81. The molecule has 182 valence electrons. The lowest BCUT2D eigenvalue weighted by molar-refractivity contribution is -0.137. The molecule has 13 heteroatoms. The molecule has 0 fully saturated rings. The van der Waals surface area contributed by atoms with Crippen LogP contribution in [0.5, 0.6) is 0 Å². The highest BCUT2D eigenvalue weighted by molar-refractivity contribution is 7.95. The van der Waals surface area contributed by atoms with E-state index in [4.69, 9.17) is 0 Å². The van der Waals surface area contributed by atoms with Gasteiger partial charge in [-0.05, 0) is 59.2 Å². The first kappa shape index (κ1) is 29.2. The van der Waals surface area contributed by atoms with Crippen molar-refractivity contribution in [3.8, 4) is 0 Å². The topological polar surface area (TPSA) is 159 Å². The zero-order valence-electron chi connectivity index (χ0n) is 18.6. The predicted molar refractivity (Wildman–Crippen MR) is 136 cm³/mol. The number of carboxylic acid groups (broad SMARTS) is 1. The van der Waals surface area contributed by atoms with Gasteiger partial charge in [-0.25, -0.2) is 0 Å². The summed E-state index contributed by atoms with van der Waals surface area (Å²) in [5.74, 6) is -0.922. The van der Waals surface area contributed by atoms with Crippen molar-refractivity contribution in [2.24, 2.45) is 0 Å². The monoisotopic (exact) mass is 560 g/mol. The molecule has 0 aliphatic heterocycles. The third-order valence-corrected chi connectivity index (χ3v) is 10.3. The Morgan fingerprint density at radius 2 is 0.886 bits per heavy atom. The van der Waals surface area contributed by atoms with Gasteiger partial charge in [0.05, 0.1) is 6.16 Å². The molecule has 3 aromatic carbocycles. The average molecular weight is 561 g/mol. The van der Waals surface area contributed by atoms with E-state index in [2.05, 4.69) is 0 Å². The van der Waals surface area contributed by atoms with Crippen LogP contribution in [0, 0.1) is 0 Å². The number of benzene rings is 3. The molecule has 0 saturated carbocycles. The first-order valence-corrected chi connectivity index (χ1v) is 12.6. The van der Waals surface area contributed by atoms with Crippen molar-refractivity contribution in [2.45, 2.75) is 12.8 Å². The number of carboxylic acids is 1. The normalized spacial score (nSPS) is 10.9. The fraction of sp³-hybridized carbons (Fsp3) is 0.136. The van der Waals surface area contributed by atoms with Crippen LogP contribution in [0.4, 0.5) is 0 Å². The van der Waals surface area contributed by atoms with Crippen molar-refractivity contribution in [3.05, 3.63) is 72.8 Å². The fourth-order valence-electron chi connectivity index (χ4n) is 4.00. The van der Waals surface area contributed by atoms with Crippen LogP contribution in [0.15, 0.2) is 72.8 Å². The molecule has 0 atom stereocenters. The smallest absolute Gasteiger partial charge is 0.488 e. The van der Waals surface area contributed by atoms with Gasteiger partial charge in [0.25, 0.3) is 0 Å². The molecule has 0 radical (unpaired) electrons. The van der Waals surface area contributed by atoms with Gasteiger partial charge in [-0.3, -0.25) is 4.79 Å². The van der Waals surface area contributed by atoms with E-state index in [0.717, 1.165) is 15.9 Å². The molecule has 0 aromatic heterocycles. The van der Waals surface area contributed by atoms with E-state index in [9.17, 15) is 40.0 Å². The van der Waals surface area contributed by atoms with E-state index in [0.29, 0.717) is 29.0 Å². The van der Waals surface area contributed by atoms with E-state index in [1.807, 2.05) is 0 Å². The van der Waals surface area contributed by atoms with Gasteiger partial charge in [0.2, 0.25) is 0 Å². The van der Waals surface area contributed by atoms with Crippen LogP contribution in [-0.4, -0.2) is 68.7 Å². The number of carbonyl (C=O) groups is 1. The van der Waals surface area contributed by atoms with Gasteiger partial charge in [-0.2, -0.15) is 0 Å². The first-order chi connectivity index (χ1) is 16.1. The van der Waals surface area contributed by atoms with Crippen molar-refractivity contribution in [1.82, 2.24) is 0 Å². The second-order valence-corrected chi connectivity index (χ2v) is 11.5. The SMILES string of the molecule is O=C(O)CCC[P+](c1ccc(B(O)O)cc1)(c1ccc(B(O)O)cc1)c1ccc(B(O)O)cc1.[Br-]. The average Bonchev–Trinajstić information content (AvgIpc) is 2.82. The number of rotatable bonds is 10. The van der Waals surface area contributed by atoms with Gasteiger partial charge in [0.1, 0.15) is 23.2 Å². The first-order valence-electron chi connectivity index (χ1n) is 10.6. The van der Waals surface area contributed by atoms with Crippen LogP contribution >= 0.6 is 7.26 Å². The number of aliphatic carboxylic acids is 1. The third-order valence-electron chi connectivity index (χ3n) is 5.78. The Hall–Kier alpha value is -2.01. The van der Waals surface area contributed by atoms with Crippen LogP contribution in [0.25, 0.3) is 0 Å². The Bertz CT molecular complexity index is 972. The number of hydrogen-bond acceptors (Lipinski definition) is 7. The minimum Gasteiger partial charge on any atom is -1.00 e. The Morgan fingerprint density at radius 3 is 1.11 bits per heavy atom. The van der Waals surface area contributed by atoms with Crippen LogP contribution in [0.2, 0.25) is 0 Å². The zero-order chi connectivity index (χ0) is 24.9. The molecular formula is C22H25B3BrO8P. The highest BCUT2D eigenvalue weighted by atomic mass is 79.9. The molecule has 3 rings (SSSR count). The second-order valence-electron chi connectivity index (χ2n) is 7.93. The molecule has 0 saturated heterocycles. The Labute approximate surface area is 215 Å². The maximum Gasteiger partial charge on any atom is 0.488 e. The summed E-state index contributed by atoms with van der Waals surface area (Å²) in [5.41, 5.74) is 0.930. The Balaban J connectivity index is 0.00000432. The highest BCUT2D eigenvalue weighted by Gasteiger charge is 2.45. The van der Waals surface area contributed by atoms with Crippen LogP contribution in [0.3, 0.4) is 0 Å². The molecule has 0 aliphatic rings. The summed E-state index contributed by atoms with van der Waals surface area (Å²) in [7, 11) is -7.42. The summed E-state index contributed by atoms with van der Waals surface area (Å²) in [6.45, 7) is 0. The van der Waals surface area contributed by atoms with Crippen molar-refractivity contribution in [1.29, 1.82) is 0 Å². The maximum absolute atomic E-state index is 11.3. The lowest BCUT2D eigenvalue weighted by atomic mass is 9.80. The molecule has 0 spiro atoms. The molecule has 0 heterocycles. The standard InChI is InChI=1S/C22H24B3O8P.BrH/c26-22(27)2-1-15-34(19-9-3-16(4-10-19)23(28)29,20-11-5-17(6-12-20)24(30)31)21-13-7-18(8-14-21)25(32)33;/h3-14,28-33H,1-2,15H2;1H. The molecule has 8 nitrogen and oxygen atoms in total. The van der Waals surface area contributed by atoms with Gasteiger partial charge in [0.15, 0.2) is 0 Å². The molecule has 0 aliphatic carbocycles. The molecular weight excluding hydrogens is 536 g/mol. The molecule has 0 amide bonds. The lowest BCUT2D eigenvalue weighted by Gasteiger charge is -2.28. The van der Waals surface area contributed by atoms with E-state index < -0.39 is 34.6 Å². The highest BCUT2D eigenvalue weighted by Crippen LogP contribution is 2.55. The van der Waals surface area contributed by atoms with Crippen molar-refractivity contribution in [2.75, 3.05) is 6.16 Å². The van der Waals surface area contributed by atoms with Gasteiger partial charge >= 0.3 is 27.3 Å². The summed E-state index contributed by atoms with van der Waals surface area (Å²) in [6, 6.07) is 20.3. The number of hydrogen-bond donors (Lipinski definition) is 7. The summed E-state index contributed by atoms with van der Waals surface area (Å²) < 4.78 is 0. The van der Waals surface area contributed by atoms with E-state index in [1.54, 1.807) is 72.8 Å². The Kier molecular flexibility index (Phi) is 10.7. The quantitative estimate of drug-likeness (QED) is 0.0954. The minimum absolute atomic E-state index is 0. The van der Waals surface area contributed by atoms with Crippen LogP contribution < -0.4 is 49.3 Å². The summed E-state index contributed by atoms with van der Waals surface area (Å²) in [5, 5.41) is 69.0. The molecule has 7 N–H and O–H groups in total. The maximum atomic E-state index is 11.3. The van der Waals surface area contributed by atoms with Crippen molar-refractivity contribution in [3.63, 3.8) is 0 Å². The fourth-order valence-corrected chi connectivity index (χ4v) is 8.28. The van der Waals surface area contributed by atoms with E-state index in [-0.39, 0.29) is 23.4 Å².